The van der Waals surface area contributed by atoms with Crippen LogP contribution in [0.1, 0.15) is 18.4 Å². The average molecular weight is 277 g/mol. The number of amides is 1. The number of rotatable bonds is 2. The third kappa shape index (κ3) is 2.53. The number of Topliss-reactive ketones (excluding diaryl/α,β-unsaturated/α-hetero) is 1. The van der Waals surface area contributed by atoms with Crippen molar-refractivity contribution in [2.75, 3.05) is 6.54 Å². The molecule has 1 aliphatic carbocycles. The number of hydrogen-bond acceptors (Lipinski definition) is 3. The smallest absolute Gasteiger partial charge is 0.410 e. The summed E-state index contributed by atoms with van der Waals surface area (Å²) in [6.07, 6.45) is -1.07. The Balaban J connectivity index is 1.60. The van der Waals surface area contributed by atoms with Crippen LogP contribution >= 0.6 is 0 Å². The van der Waals surface area contributed by atoms with Crippen molar-refractivity contribution in [1.29, 1.82) is 0 Å². The Kier molecular flexibility index (Phi) is 3.42. The largest absolute Gasteiger partial charge is 0.445 e. The lowest BCUT2D eigenvalue weighted by atomic mass is 10.2. The van der Waals surface area contributed by atoms with E-state index in [9.17, 15) is 14.0 Å². The number of likely N-dealkylation sites (tertiary alicyclic amines) is 1. The second-order valence-electron chi connectivity index (χ2n) is 5.33. The molecule has 3 atom stereocenters. The van der Waals surface area contributed by atoms with Gasteiger partial charge in [-0.25, -0.2) is 9.18 Å². The Labute approximate surface area is 116 Å². The molecule has 1 saturated carbocycles. The molecule has 0 N–H and O–H groups in total. The molecule has 1 amide bonds. The zero-order valence-electron chi connectivity index (χ0n) is 11.0. The maximum Gasteiger partial charge on any atom is 0.410 e. The molecule has 106 valence electrons. The summed E-state index contributed by atoms with van der Waals surface area (Å²) in [5.74, 6) is -0.298. The van der Waals surface area contributed by atoms with Crippen LogP contribution in [-0.2, 0) is 16.1 Å². The molecule has 0 aromatic heterocycles. The Morgan fingerprint density at radius 1 is 1.35 bits per heavy atom. The van der Waals surface area contributed by atoms with Crippen LogP contribution in [0.2, 0.25) is 0 Å². The van der Waals surface area contributed by atoms with E-state index < -0.39 is 18.3 Å². The van der Waals surface area contributed by atoms with Gasteiger partial charge >= 0.3 is 6.09 Å². The maximum absolute atomic E-state index is 13.6. The van der Waals surface area contributed by atoms with Gasteiger partial charge < -0.3 is 9.64 Å². The van der Waals surface area contributed by atoms with Gasteiger partial charge in [0.05, 0.1) is 6.04 Å². The lowest BCUT2D eigenvalue weighted by Gasteiger charge is -2.20. The standard InChI is InChI=1S/C15H16FNO3/c16-13-12-8-11(18)6-7-17(14(12)13)15(19)20-9-10-4-2-1-3-5-10/h1-5,12-14H,6-9H2. The Hall–Kier alpha value is -1.91. The van der Waals surface area contributed by atoms with Gasteiger partial charge in [-0.1, -0.05) is 30.3 Å². The number of ether oxygens (including phenoxy) is 1. The van der Waals surface area contributed by atoms with Gasteiger partial charge in [0.15, 0.2) is 0 Å². The van der Waals surface area contributed by atoms with Crippen LogP contribution in [0.3, 0.4) is 0 Å². The lowest BCUT2D eigenvalue weighted by molar-refractivity contribution is -0.119. The van der Waals surface area contributed by atoms with Gasteiger partial charge in [-0.2, -0.15) is 0 Å². The predicted molar refractivity (Wildman–Crippen MR) is 69.7 cm³/mol. The molecule has 3 unspecified atom stereocenters. The van der Waals surface area contributed by atoms with Crippen molar-refractivity contribution < 1.29 is 18.7 Å². The van der Waals surface area contributed by atoms with Gasteiger partial charge in [0.2, 0.25) is 0 Å². The molecular formula is C15H16FNO3. The number of carbonyl (C=O) groups is 2. The third-order valence-corrected chi connectivity index (χ3v) is 3.93. The molecule has 1 aromatic rings. The third-order valence-electron chi connectivity index (χ3n) is 3.93. The Morgan fingerprint density at radius 3 is 2.85 bits per heavy atom. The molecule has 1 aromatic carbocycles. The molecule has 1 heterocycles. The fraction of sp³-hybridized carbons (Fsp3) is 0.467. The van der Waals surface area contributed by atoms with E-state index in [2.05, 4.69) is 0 Å². The molecule has 2 fully saturated rings. The molecule has 4 nitrogen and oxygen atoms in total. The average Bonchev–Trinajstić information content (AvgIpc) is 3.12. The van der Waals surface area contributed by atoms with Gasteiger partial charge in [0, 0.05) is 25.3 Å². The second kappa shape index (κ2) is 5.23. The predicted octanol–water partition coefficient (Wildman–Crippen LogP) is 2.32. The van der Waals surface area contributed by atoms with Crippen molar-refractivity contribution in [3.05, 3.63) is 35.9 Å². The molecule has 20 heavy (non-hydrogen) atoms. The van der Waals surface area contributed by atoms with Gasteiger partial charge in [-0.05, 0) is 5.56 Å². The van der Waals surface area contributed by atoms with E-state index in [0.29, 0.717) is 6.42 Å². The van der Waals surface area contributed by atoms with Crippen molar-refractivity contribution in [2.45, 2.75) is 31.7 Å². The molecule has 1 aliphatic heterocycles. The van der Waals surface area contributed by atoms with Crippen LogP contribution in [0, 0.1) is 5.92 Å². The van der Waals surface area contributed by atoms with Gasteiger partial charge in [-0.3, -0.25) is 4.79 Å². The topological polar surface area (TPSA) is 46.6 Å². The van der Waals surface area contributed by atoms with Crippen molar-refractivity contribution in [2.24, 2.45) is 5.92 Å². The highest BCUT2D eigenvalue weighted by atomic mass is 19.1. The zero-order chi connectivity index (χ0) is 14.1. The Morgan fingerprint density at radius 2 is 2.10 bits per heavy atom. The number of halogens is 1. The zero-order valence-corrected chi connectivity index (χ0v) is 11.0. The molecule has 3 rings (SSSR count). The minimum absolute atomic E-state index is 0.0264. The molecule has 2 aliphatic rings. The van der Waals surface area contributed by atoms with Gasteiger partial charge in [0.1, 0.15) is 18.6 Å². The summed E-state index contributed by atoms with van der Waals surface area (Å²) in [4.78, 5) is 24.9. The summed E-state index contributed by atoms with van der Waals surface area (Å²) < 4.78 is 18.8. The first-order valence-corrected chi connectivity index (χ1v) is 6.80. The highest BCUT2D eigenvalue weighted by Crippen LogP contribution is 2.44. The number of ketones is 1. The Bertz CT molecular complexity index is 519. The van der Waals surface area contributed by atoms with Crippen LogP contribution in [0.4, 0.5) is 9.18 Å². The summed E-state index contributed by atoms with van der Waals surface area (Å²) in [7, 11) is 0. The summed E-state index contributed by atoms with van der Waals surface area (Å²) in [6, 6.07) is 8.86. The van der Waals surface area contributed by atoms with E-state index in [1.165, 1.54) is 4.90 Å². The monoisotopic (exact) mass is 277 g/mol. The first-order valence-electron chi connectivity index (χ1n) is 6.80. The number of fused-ring (bicyclic) bond motifs is 1. The first-order chi connectivity index (χ1) is 9.66. The second-order valence-corrected chi connectivity index (χ2v) is 5.33. The van der Waals surface area contributed by atoms with Crippen LogP contribution in [0.5, 0.6) is 0 Å². The van der Waals surface area contributed by atoms with Crippen LogP contribution < -0.4 is 0 Å². The number of alkyl halides is 1. The van der Waals surface area contributed by atoms with E-state index in [0.717, 1.165) is 5.56 Å². The fourth-order valence-electron chi connectivity index (χ4n) is 2.73. The molecule has 5 heteroatoms. The minimum atomic E-state index is -1.08. The number of hydrogen-bond donors (Lipinski definition) is 0. The van der Waals surface area contributed by atoms with Crippen LogP contribution in [-0.4, -0.2) is 35.5 Å². The molecule has 0 radical (unpaired) electrons. The van der Waals surface area contributed by atoms with Crippen molar-refractivity contribution in [3.8, 4) is 0 Å². The van der Waals surface area contributed by atoms with E-state index in [1.807, 2.05) is 30.3 Å². The van der Waals surface area contributed by atoms with Crippen LogP contribution in [0.25, 0.3) is 0 Å². The van der Waals surface area contributed by atoms with E-state index in [4.69, 9.17) is 4.74 Å². The SMILES string of the molecule is O=C1CCN(C(=O)OCc2ccccc2)C2C(F)C2C1. The van der Waals surface area contributed by atoms with Crippen molar-refractivity contribution in [3.63, 3.8) is 0 Å². The van der Waals surface area contributed by atoms with Gasteiger partial charge in [0.25, 0.3) is 0 Å². The number of nitrogens with zero attached hydrogens (tertiary/aromatic N) is 1. The summed E-state index contributed by atoms with van der Waals surface area (Å²) in [6.45, 7) is 0.423. The van der Waals surface area contributed by atoms with Gasteiger partial charge in [-0.15, -0.1) is 0 Å². The maximum atomic E-state index is 13.6. The molecular weight excluding hydrogens is 261 g/mol. The molecule has 1 saturated heterocycles. The summed E-state index contributed by atoms with van der Waals surface area (Å²) in [5, 5.41) is 0. The summed E-state index contributed by atoms with van der Waals surface area (Å²) >= 11 is 0. The first kappa shape index (κ1) is 13.1. The van der Waals surface area contributed by atoms with Crippen LogP contribution in [0.15, 0.2) is 30.3 Å². The number of benzene rings is 1. The van der Waals surface area contributed by atoms with E-state index in [-0.39, 0.29) is 31.3 Å². The summed E-state index contributed by atoms with van der Waals surface area (Å²) in [5.41, 5.74) is 0.885. The normalized spacial score (nSPS) is 28.6. The van der Waals surface area contributed by atoms with Crippen molar-refractivity contribution >= 4 is 11.9 Å². The molecule has 0 spiro atoms. The van der Waals surface area contributed by atoms with E-state index >= 15 is 0 Å². The highest BCUT2D eigenvalue weighted by molar-refractivity contribution is 5.81. The minimum Gasteiger partial charge on any atom is -0.445 e. The van der Waals surface area contributed by atoms with E-state index in [1.54, 1.807) is 0 Å². The fourth-order valence-corrected chi connectivity index (χ4v) is 2.73. The van der Waals surface area contributed by atoms with Crippen molar-refractivity contribution in [1.82, 2.24) is 4.90 Å². The number of carbonyl (C=O) groups excluding carboxylic acids is 2. The highest BCUT2D eigenvalue weighted by Gasteiger charge is 2.58. The molecule has 0 bridgehead atoms. The quantitative estimate of drug-likeness (QED) is 0.833. The lowest BCUT2D eigenvalue weighted by Crippen LogP contribution is -2.36.